The summed E-state index contributed by atoms with van der Waals surface area (Å²) in [7, 11) is 1.67. The number of benzene rings is 2. The summed E-state index contributed by atoms with van der Waals surface area (Å²) in [6.45, 7) is 5.87. The van der Waals surface area contributed by atoms with Crippen LogP contribution in [0.25, 0.3) is 0 Å². The number of rotatable bonds is 9. The first-order chi connectivity index (χ1) is 14.5. The van der Waals surface area contributed by atoms with Crippen LogP contribution in [0, 0.1) is 5.92 Å². The number of methoxy groups -OCH3 is 1. The Hall–Kier alpha value is -2.08. The van der Waals surface area contributed by atoms with E-state index in [2.05, 4.69) is 36.0 Å². The monoisotopic (exact) mass is 429 g/mol. The third-order valence-corrected chi connectivity index (χ3v) is 6.50. The lowest BCUT2D eigenvalue weighted by Gasteiger charge is -2.43. The number of carbonyl (C=O) groups excluding carboxylic acids is 1. The van der Waals surface area contributed by atoms with Gasteiger partial charge in [-0.3, -0.25) is 4.79 Å². The molecule has 30 heavy (non-hydrogen) atoms. The van der Waals surface area contributed by atoms with Crippen LogP contribution in [0.2, 0.25) is 5.02 Å². The van der Waals surface area contributed by atoms with Gasteiger partial charge in [0.25, 0.3) is 0 Å². The highest BCUT2D eigenvalue weighted by atomic mass is 35.5. The fraction of sp³-hybridized carbons (Fsp3) is 0.458. The van der Waals surface area contributed by atoms with Crippen molar-refractivity contribution in [3.05, 3.63) is 64.7 Å². The molecule has 1 amide bonds. The molecule has 2 N–H and O–H groups in total. The van der Waals surface area contributed by atoms with Crippen molar-refractivity contribution >= 4 is 17.5 Å². The quantitative estimate of drug-likeness (QED) is 0.621. The average molecular weight is 430 g/mol. The molecule has 1 heterocycles. The number of hydrogen-bond acceptors (Lipinski definition) is 4. The van der Waals surface area contributed by atoms with E-state index in [1.807, 2.05) is 36.4 Å². The van der Waals surface area contributed by atoms with Gasteiger partial charge in [-0.2, -0.15) is 0 Å². The van der Waals surface area contributed by atoms with Crippen molar-refractivity contribution in [2.45, 2.75) is 51.7 Å². The maximum absolute atomic E-state index is 12.2. The summed E-state index contributed by atoms with van der Waals surface area (Å²) in [6.07, 6.45) is 2.73. The number of primary amides is 1. The predicted molar refractivity (Wildman–Crippen MR) is 121 cm³/mol. The van der Waals surface area contributed by atoms with E-state index in [1.54, 1.807) is 7.11 Å². The lowest BCUT2D eigenvalue weighted by molar-refractivity contribution is -0.138. The van der Waals surface area contributed by atoms with Crippen LogP contribution in [0.15, 0.2) is 48.5 Å². The van der Waals surface area contributed by atoms with Gasteiger partial charge in [-0.05, 0) is 48.1 Å². The summed E-state index contributed by atoms with van der Waals surface area (Å²) in [5.41, 5.74) is 8.01. The molecule has 0 aromatic heterocycles. The lowest BCUT2D eigenvalue weighted by atomic mass is 9.91. The van der Waals surface area contributed by atoms with Crippen molar-refractivity contribution in [3.63, 3.8) is 0 Å². The van der Waals surface area contributed by atoms with Gasteiger partial charge >= 0.3 is 0 Å². The molecule has 162 valence electrons. The Morgan fingerprint density at radius 2 is 1.97 bits per heavy atom. The molecule has 3 rings (SSSR count). The summed E-state index contributed by atoms with van der Waals surface area (Å²) >= 11 is 6.52. The molecule has 0 aliphatic carbocycles. The number of amides is 1. The number of carbonyl (C=O) groups is 1. The Morgan fingerprint density at radius 1 is 1.27 bits per heavy atom. The molecule has 6 heteroatoms. The van der Waals surface area contributed by atoms with E-state index in [4.69, 9.17) is 22.1 Å². The first-order valence-electron chi connectivity index (χ1n) is 10.7. The highest BCUT2D eigenvalue weighted by Crippen LogP contribution is 2.37. The fourth-order valence-corrected chi connectivity index (χ4v) is 4.51. The number of nitrogens with zero attached hydrogens (tertiary/aromatic N) is 2. The SMILES string of the molecule is CCC(C)C(c1ccc(OC)cc1)N(Cc1ccccc1Cl)N1CCCC1C(N)=O. The summed E-state index contributed by atoms with van der Waals surface area (Å²) in [5, 5.41) is 5.22. The first-order valence-corrected chi connectivity index (χ1v) is 11.0. The van der Waals surface area contributed by atoms with Crippen molar-refractivity contribution in [2.24, 2.45) is 11.7 Å². The number of hydrogen-bond donors (Lipinski definition) is 1. The second-order valence-corrected chi connectivity index (χ2v) is 8.42. The second-order valence-electron chi connectivity index (χ2n) is 8.02. The molecule has 0 spiro atoms. The molecule has 1 saturated heterocycles. The summed E-state index contributed by atoms with van der Waals surface area (Å²) in [5.74, 6) is 0.916. The number of halogens is 1. The normalized spacial score (nSPS) is 19.0. The van der Waals surface area contributed by atoms with Gasteiger partial charge in [0.05, 0.1) is 13.2 Å². The zero-order chi connectivity index (χ0) is 21.7. The van der Waals surface area contributed by atoms with Gasteiger partial charge < -0.3 is 10.5 Å². The maximum atomic E-state index is 12.2. The molecular weight excluding hydrogens is 398 g/mol. The number of hydrazine groups is 1. The Balaban J connectivity index is 2.05. The molecule has 1 fully saturated rings. The van der Waals surface area contributed by atoms with Crippen LogP contribution in [0.5, 0.6) is 5.75 Å². The van der Waals surface area contributed by atoms with E-state index >= 15 is 0 Å². The van der Waals surface area contributed by atoms with Crippen molar-refractivity contribution in [2.75, 3.05) is 13.7 Å². The molecule has 2 aromatic rings. The molecule has 1 aliphatic heterocycles. The molecule has 1 aliphatic rings. The standard InChI is InChI=1S/C24H32ClN3O2/c1-4-17(2)23(18-11-13-20(30-3)14-12-18)28(16-19-8-5-6-9-21(19)25)27-15-7-10-22(27)24(26)29/h5-6,8-9,11-14,17,22-23H,4,7,10,15-16H2,1-3H3,(H2,26,29). The van der Waals surface area contributed by atoms with Gasteiger partial charge in [-0.1, -0.05) is 62.2 Å². The molecular formula is C24H32ClN3O2. The van der Waals surface area contributed by atoms with Crippen LogP contribution in [0.4, 0.5) is 0 Å². The van der Waals surface area contributed by atoms with Crippen LogP contribution < -0.4 is 10.5 Å². The van der Waals surface area contributed by atoms with Gasteiger partial charge in [0.15, 0.2) is 0 Å². The fourth-order valence-electron chi connectivity index (χ4n) is 4.32. The van der Waals surface area contributed by atoms with Gasteiger partial charge in [-0.15, -0.1) is 0 Å². The van der Waals surface area contributed by atoms with Crippen molar-refractivity contribution in [1.82, 2.24) is 10.0 Å². The first kappa shape index (κ1) is 22.6. The Kier molecular flexibility index (Phi) is 7.75. The molecule has 5 nitrogen and oxygen atoms in total. The van der Waals surface area contributed by atoms with Gasteiger partial charge in [0.2, 0.25) is 5.91 Å². The summed E-state index contributed by atoms with van der Waals surface area (Å²) in [6, 6.07) is 15.9. The van der Waals surface area contributed by atoms with E-state index in [-0.39, 0.29) is 18.0 Å². The van der Waals surface area contributed by atoms with Crippen LogP contribution >= 0.6 is 11.6 Å². The van der Waals surface area contributed by atoms with Crippen molar-refractivity contribution in [3.8, 4) is 5.75 Å². The zero-order valence-corrected chi connectivity index (χ0v) is 18.8. The van der Waals surface area contributed by atoms with Gasteiger partial charge in [-0.25, -0.2) is 10.0 Å². The predicted octanol–water partition coefficient (Wildman–Crippen LogP) is 4.80. The molecule has 2 aromatic carbocycles. The van der Waals surface area contributed by atoms with Gasteiger partial charge in [0, 0.05) is 18.1 Å². The topological polar surface area (TPSA) is 58.8 Å². The number of nitrogens with two attached hydrogens (primary N) is 1. The van der Waals surface area contributed by atoms with E-state index < -0.39 is 0 Å². The van der Waals surface area contributed by atoms with Crippen LogP contribution in [0.1, 0.15) is 50.3 Å². The van der Waals surface area contributed by atoms with E-state index in [0.29, 0.717) is 12.5 Å². The lowest BCUT2D eigenvalue weighted by Crippen LogP contribution is -2.52. The number of ether oxygens (including phenoxy) is 1. The van der Waals surface area contributed by atoms with Crippen molar-refractivity contribution < 1.29 is 9.53 Å². The summed E-state index contributed by atoms with van der Waals surface area (Å²) in [4.78, 5) is 12.2. The highest BCUT2D eigenvalue weighted by Gasteiger charge is 2.38. The van der Waals surface area contributed by atoms with Crippen molar-refractivity contribution in [1.29, 1.82) is 0 Å². The average Bonchev–Trinajstić information content (AvgIpc) is 3.25. The van der Waals surface area contributed by atoms with Crippen LogP contribution in [-0.4, -0.2) is 35.6 Å². The minimum absolute atomic E-state index is 0.0807. The van der Waals surface area contributed by atoms with Crippen LogP contribution in [-0.2, 0) is 11.3 Å². The highest BCUT2D eigenvalue weighted by molar-refractivity contribution is 6.31. The molecule has 0 bridgehead atoms. The third kappa shape index (κ3) is 4.97. The Labute approximate surface area is 184 Å². The molecule has 3 unspecified atom stereocenters. The second kappa shape index (κ2) is 10.3. The Bertz CT molecular complexity index is 843. The van der Waals surface area contributed by atoms with E-state index in [0.717, 1.165) is 42.1 Å². The Morgan fingerprint density at radius 3 is 2.57 bits per heavy atom. The summed E-state index contributed by atoms with van der Waals surface area (Å²) < 4.78 is 5.35. The minimum atomic E-state index is -0.294. The maximum Gasteiger partial charge on any atom is 0.236 e. The molecule has 3 atom stereocenters. The van der Waals surface area contributed by atoms with E-state index in [9.17, 15) is 4.79 Å². The largest absolute Gasteiger partial charge is 0.497 e. The van der Waals surface area contributed by atoms with Gasteiger partial charge in [0.1, 0.15) is 11.8 Å². The smallest absolute Gasteiger partial charge is 0.236 e. The van der Waals surface area contributed by atoms with Crippen LogP contribution in [0.3, 0.4) is 0 Å². The minimum Gasteiger partial charge on any atom is -0.497 e. The zero-order valence-electron chi connectivity index (χ0n) is 18.1. The third-order valence-electron chi connectivity index (χ3n) is 6.13. The molecule has 0 saturated carbocycles. The van der Waals surface area contributed by atoms with E-state index in [1.165, 1.54) is 5.56 Å². The molecule has 0 radical (unpaired) electrons.